The summed E-state index contributed by atoms with van der Waals surface area (Å²) in [6.07, 6.45) is 1.37. The van der Waals surface area contributed by atoms with Crippen molar-refractivity contribution < 1.29 is 29.0 Å². The second kappa shape index (κ2) is 6.66. The highest BCUT2D eigenvalue weighted by atomic mass is 16.5. The number of carboxylic acid groups (broad SMARTS) is 1. The average molecular weight is 326 g/mol. The van der Waals surface area contributed by atoms with Gasteiger partial charge in [0.05, 0.1) is 6.54 Å². The van der Waals surface area contributed by atoms with Gasteiger partial charge in [-0.05, 0) is 19.3 Å². The summed E-state index contributed by atoms with van der Waals surface area (Å²) in [4.78, 5) is 50.4. The summed E-state index contributed by atoms with van der Waals surface area (Å²) in [7, 11) is 1.31. The Bertz CT molecular complexity index is 518. The minimum Gasteiger partial charge on any atom is -0.479 e. The van der Waals surface area contributed by atoms with Crippen LogP contribution in [0.2, 0.25) is 0 Å². The first kappa shape index (κ1) is 17.4. The SMILES string of the molecule is CCC(C(=O)N1CCCC(OC)(C(=O)O)C1)N1C(=O)CCC1=O. The van der Waals surface area contributed by atoms with E-state index in [1.54, 1.807) is 6.92 Å². The Labute approximate surface area is 134 Å². The number of piperidine rings is 1. The molecule has 0 bridgehead atoms. The Balaban J connectivity index is 2.19. The van der Waals surface area contributed by atoms with Crippen molar-refractivity contribution in [3.63, 3.8) is 0 Å². The standard InChI is InChI=1S/C15H22N2O6/c1-3-10(17-11(18)5-6-12(17)19)13(20)16-8-4-7-15(9-16,23-2)14(21)22/h10H,3-9H2,1-2H3,(H,21,22). The van der Waals surface area contributed by atoms with E-state index >= 15 is 0 Å². The Morgan fingerprint density at radius 3 is 2.39 bits per heavy atom. The van der Waals surface area contributed by atoms with E-state index in [0.29, 0.717) is 25.8 Å². The Morgan fingerprint density at radius 2 is 1.91 bits per heavy atom. The van der Waals surface area contributed by atoms with Gasteiger partial charge in [0.1, 0.15) is 6.04 Å². The first-order valence-corrected chi connectivity index (χ1v) is 7.78. The summed E-state index contributed by atoms with van der Waals surface area (Å²) in [6, 6.07) is -0.862. The molecule has 2 heterocycles. The highest BCUT2D eigenvalue weighted by Gasteiger charge is 2.46. The van der Waals surface area contributed by atoms with E-state index in [9.17, 15) is 24.3 Å². The monoisotopic (exact) mass is 326 g/mol. The predicted octanol–water partition coefficient (Wildman–Crippen LogP) is 0.00620. The van der Waals surface area contributed by atoms with E-state index in [-0.39, 0.29) is 31.2 Å². The van der Waals surface area contributed by atoms with Crippen LogP contribution in [0.15, 0.2) is 0 Å². The lowest BCUT2D eigenvalue weighted by atomic mass is 9.92. The van der Waals surface area contributed by atoms with Gasteiger partial charge in [-0.2, -0.15) is 0 Å². The number of nitrogens with zero attached hydrogens (tertiary/aromatic N) is 2. The Kier molecular flexibility index (Phi) is 5.03. The van der Waals surface area contributed by atoms with E-state index in [1.807, 2.05) is 0 Å². The molecule has 2 fully saturated rings. The van der Waals surface area contributed by atoms with Crippen LogP contribution in [-0.4, -0.2) is 70.4 Å². The highest BCUT2D eigenvalue weighted by Crippen LogP contribution is 2.27. The summed E-state index contributed by atoms with van der Waals surface area (Å²) in [6.45, 7) is 2.04. The molecule has 23 heavy (non-hydrogen) atoms. The number of carbonyl (C=O) groups excluding carboxylic acids is 3. The van der Waals surface area contributed by atoms with Crippen molar-refractivity contribution in [1.82, 2.24) is 9.80 Å². The van der Waals surface area contributed by atoms with E-state index in [2.05, 4.69) is 0 Å². The van der Waals surface area contributed by atoms with Crippen LogP contribution in [-0.2, 0) is 23.9 Å². The van der Waals surface area contributed by atoms with E-state index in [0.717, 1.165) is 4.90 Å². The number of imide groups is 1. The van der Waals surface area contributed by atoms with Gasteiger partial charge in [-0.3, -0.25) is 19.3 Å². The lowest BCUT2D eigenvalue weighted by Crippen LogP contribution is -2.59. The van der Waals surface area contributed by atoms with Crippen molar-refractivity contribution in [3.8, 4) is 0 Å². The number of rotatable bonds is 5. The number of carboxylic acids is 1. The number of carbonyl (C=O) groups is 4. The molecular weight excluding hydrogens is 304 g/mol. The summed E-state index contributed by atoms with van der Waals surface area (Å²) in [5.74, 6) is -2.19. The number of hydrogen-bond acceptors (Lipinski definition) is 5. The van der Waals surface area contributed by atoms with Crippen molar-refractivity contribution >= 4 is 23.7 Å². The summed E-state index contributed by atoms with van der Waals surface area (Å²) in [5.41, 5.74) is -1.43. The Morgan fingerprint density at radius 1 is 1.30 bits per heavy atom. The predicted molar refractivity (Wildman–Crippen MR) is 78.4 cm³/mol. The third kappa shape index (κ3) is 3.08. The van der Waals surface area contributed by atoms with Gasteiger partial charge in [-0.25, -0.2) is 4.79 Å². The number of amides is 3. The number of ether oxygens (including phenoxy) is 1. The van der Waals surface area contributed by atoms with Crippen molar-refractivity contribution in [1.29, 1.82) is 0 Å². The molecule has 2 unspecified atom stereocenters. The fourth-order valence-corrected chi connectivity index (χ4v) is 3.26. The van der Waals surface area contributed by atoms with E-state index in [1.165, 1.54) is 12.0 Å². The molecule has 0 spiro atoms. The van der Waals surface area contributed by atoms with Crippen LogP contribution in [0.4, 0.5) is 0 Å². The van der Waals surface area contributed by atoms with Gasteiger partial charge in [0.2, 0.25) is 17.7 Å². The maximum Gasteiger partial charge on any atom is 0.337 e. The van der Waals surface area contributed by atoms with Crippen LogP contribution >= 0.6 is 0 Å². The molecule has 0 aromatic carbocycles. The third-order valence-corrected chi connectivity index (χ3v) is 4.62. The van der Waals surface area contributed by atoms with Gasteiger partial charge in [-0.1, -0.05) is 6.92 Å². The number of aliphatic carboxylic acids is 1. The Hall–Kier alpha value is -1.96. The molecule has 0 aromatic rings. The fourth-order valence-electron chi connectivity index (χ4n) is 3.26. The molecule has 128 valence electrons. The van der Waals surface area contributed by atoms with Crippen molar-refractivity contribution in [3.05, 3.63) is 0 Å². The number of hydrogen-bond donors (Lipinski definition) is 1. The third-order valence-electron chi connectivity index (χ3n) is 4.62. The number of likely N-dealkylation sites (tertiary alicyclic amines) is 2. The summed E-state index contributed by atoms with van der Waals surface area (Å²) in [5, 5.41) is 9.40. The second-order valence-corrected chi connectivity index (χ2v) is 5.95. The van der Waals surface area contributed by atoms with Crippen LogP contribution in [0.25, 0.3) is 0 Å². The molecule has 8 nitrogen and oxygen atoms in total. The first-order chi connectivity index (χ1) is 10.9. The zero-order chi connectivity index (χ0) is 17.2. The molecule has 2 saturated heterocycles. The zero-order valence-electron chi connectivity index (χ0n) is 13.4. The topological polar surface area (TPSA) is 104 Å². The van der Waals surface area contributed by atoms with Crippen LogP contribution < -0.4 is 0 Å². The van der Waals surface area contributed by atoms with Crippen molar-refractivity contribution in [2.24, 2.45) is 0 Å². The number of methoxy groups -OCH3 is 1. The molecule has 3 amide bonds. The van der Waals surface area contributed by atoms with Crippen molar-refractivity contribution in [2.45, 2.75) is 50.7 Å². The van der Waals surface area contributed by atoms with E-state index in [4.69, 9.17) is 4.74 Å². The molecule has 0 aliphatic carbocycles. The zero-order valence-corrected chi connectivity index (χ0v) is 13.4. The lowest BCUT2D eigenvalue weighted by Gasteiger charge is -2.40. The van der Waals surface area contributed by atoms with Gasteiger partial charge in [0.15, 0.2) is 5.60 Å². The molecule has 8 heteroatoms. The molecule has 0 radical (unpaired) electrons. The van der Waals surface area contributed by atoms with Gasteiger partial charge in [0, 0.05) is 26.5 Å². The van der Waals surface area contributed by atoms with Crippen LogP contribution in [0.5, 0.6) is 0 Å². The largest absolute Gasteiger partial charge is 0.479 e. The van der Waals surface area contributed by atoms with Gasteiger partial charge in [0.25, 0.3) is 0 Å². The van der Waals surface area contributed by atoms with Crippen molar-refractivity contribution in [2.75, 3.05) is 20.2 Å². The molecule has 0 saturated carbocycles. The summed E-state index contributed by atoms with van der Waals surface area (Å²) < 4.78 is 5.16. The molecule has 1 N–H and O–H groups in total. The van der Waals surface area contributed by atoms with E-state index < -0.39 is 23.5 Å². The first-order valence-electron chi connectivity index (χ1n) is 7.78. The van der Waals surface area contributed by atoms with Crippen LogP contribution in [0.1, 0.15) is 39.0 Å². The fraction of sp³-hybridized carbons (Fsp3) is 0.733. The van der Waals surface area contributed by atoms with Crippen LogP contribution in [0, 0.1) is 0 Å². The van der Waals surface area contributed by atoms with Gasteiger partial charge in [-0.15, -0.1) is 0 Å². The molecule has 2 rings (SSSR count). The average Bonchev–Trinajstić information content (AvgIpc) is 2.87. The molecule has 2 aliphatic rings. The maximum absolute atomic E-state index is 12.8. The smallest absolute Gasteiger partial charge is 0.337 e. The van der Waals surface area contributed by atoms with Crippen LogP contribution in [0.3, 0.4) is 0 Å². The minimum atomic E-state index is -1.43. The van der Waals surface area contributed by atoms with Gasteiger partial charge < -0.3 is 14.7 Å². The summed E-state index contributed by atoms with van der Waals surface area (Å²) >= 11 is 0. The molecule has 0 aromatic heterocycles. The molecular formula is C15H22N2O6. The normalized spacial score (nSPS) is 26.5. The second-order valence-electron chi connectivity index (χ2n) is 5.95. The quantitative estimate of drug-likeness (QED) is 0.714. The molecule has 2 atom stereocenters. The maximum atomic E-state index is 12.8. The lowest BCUT2D eigenvalue weighted by molar-refractivity contribution is -0.173. The minimum absolute atomic E-state index is 0.0790. The van der Waals surface area contributed by atoms with Gasteiger partial charge >= 0.3 is 5.97 Å². The molecule has 2 aliphatic heterocycles. The highest BCUT2D eigenvalue weighted by molar-refractivity contribution is 6.05.